The van der Waals surface area contributed by atoms with E-state index >= 15 is 0 Å². The normalized spacial score (nSPS) is 16.7. The van der Waals surface area contributed by atoms with Crippen molar-refractivity contribution in [1.29, 1.82) is 0 Å². The van der Waals surface area contributed by atoms with E-state index < -0.39 is 0 Å². The number of rotatable bonds is 4. The third kappa shape index (κ3) is 4.48. The number of nitrogens with zero attached hydrogens (tertiary/aromatic N) is 1. The minimum atomic E-state index is -0.231. The molecule has 174 valence electrons. The smallest absolute Gasteiger partial charge is 0.231 e. The number of benzene rings is 3. The van der Waals surface area contributed by atoms with Crippen LogP contribution in [0.4, 0.5) is 4.39 Å². The molecule has 2 aliphatic rings. The molecule has 0 aromatic heterocycles. The van der Waals surface area contributed by atoms with Crippen LogP contribution in [0.3, 0.4) is 0 Å². The van der Waals surface area contributed by atoms with Crippen molar-refractivity contribution in [3.8, 4) is 11.5 Å². The number of ketones is 1. The highest BCUT2D eigenvalue weighted by molar-refractivity contribution is 6.15. The van der Waals surface area contributed by atoms with Crippen molar-refractivity contribution >= 4 is 11.9 Å². The van der Waals surface area contributed by atoms with Crippen LogP contribution < -0.4 is 9.47 Å². The fourth-order valence-corrected chi connectivity index (χ4v) is 4.32. The molecule has 0 bridgehead atoms. The zero-order valence-electron chi connectivity index (χ0n) is 19.7. The van der Waals surface area contributed by atoms with E-state index in [4.69, 9.17) is 9.47 Å². The number of halogens is 1. The van der Waals surface area contributed by atoms with Gasteiger partial charge in [-0.1, -0.05) is 57.2 Å². The molecule has 0 atom stereocenters. The maximum Gasteiger partial charge on any atom is 0.231 e. The predicted octanol–water partition coefficient (Wildman–Crippen LogP) is 6.13. The topological polar surface area (TPSA) is 38.8 Å². The van der Waals surface area contributed by atoms with Gasteiger partial charge in [0.25, 0.3) is 0 Å². The Bertz CT molecular complexity index is 1250. The molecule has 4 nitrogen and oxygen atoms in total. The summed E-state index contributed by atoms with van der Waals surface area (Å²) in [5.74, 6) is 1.33. The fourth-order valence-electron chi connectivity index (χ4n) is 4.32. The molecule has 3 aromatic carbocycles. The van der Waals surface area contributed by atoms with E-state index in [0.717, 1.165) is 35.4 Å². The largest absolute Gasteiger partial charge is 0.478 e. The second kappa shape index (κ2) is 8.73. The summed E-state index contributed by atoms with van der Waals surface area (Å²) < 4.78 is 25.2. The molecule has 0 spiro atoms. The summed E-state index contributed by atoms with van der Waals surface area (Å²) in [5.41, 5.74) is 4.77. The monoisotopic (exact) mass is 457 g/mol. The quantitative estimate of drug-likeness (QED) is 0.442. The van der Waals surface area contributed by atoms with E-state index in [0.29, 0.717) is 30.3 Å². The van der Waals surface area contributed by atoms with Gasteiger partial charge in [-0.25, -0.2) is 4.39 Å². The Morgan fingerprint density at radius 3 is 2.44 bits per heavy atom. The Morgan fingerprint density at radius 2 is 1.74 bits per heavy atom. The lowest BCUT2D eigenvalue weighted by Crippen LogP contribution is -2.33. The van der Waals surface area contributed by atoms with Gasteiger partial charge in [0.05, 0.1) is 11.1 Å². The van der Waals surface area contributed by atoms with Gasteiger partial charge in [0.1, 0.15) is 24.0 Å². The Labute approximate surface area is 199 Å². The Morgan fingerprint density at radius 1 is 1.00 bits per heavy atom. The van der Waals surface area contributed by atoms with E-state index in [1.165, 1.54) is 17.7 Å². The zero-order valence-corrected chi connectivity index (χ0v) is 19.7. The average Bonchev–Trinajstić information content (AvgIpc) is 3.14. The van der Waals surface area contributed by atoms with Crippen LogP contribution in [-0.2, 0) is 18.4 Å². The van der Waals surface area contributed by atoms with Gasteiger partial charge < -0.3 is 9.47 Å². The minimum Gasteiger partial charge on any atom is -0.478 e. The van der Waals surface area contributed by atoms with E-state index in [1.54, 1.807) is 24.3 Å². The standard InChI is InChI=1S/C29H28FNO3/c1-29(2,3)21-8-4-20(5-9-21)16-26-27(32)23-12-13-25-24(28(23)34-26)17-31(18-33-25)15-14-19-6-10-22(30)11-7-19/h4-13,16H,14-15,17-18H2,1-3H3/b26-16-. The highest BCUT2D eigenvalue weighted by atomic mass is 19.1. The molecule has 0 N–H and O–H groups in total. The third-order valence-electron chi connectivity index (χ3n) is 6.39. The van der Waals surface area contributed by atoms with Gasteiger partial charge in [-0.2, -0.15) is 0 Å². The van der Waals surface area contributed by atoms with E-state index in [9.17, 15) is 9.18 Å². The van der Waals surface area contributed by atoms with Crippen LogP contribution in [0.15, 0.2) is 66.4 Å². The second-order valence-electron chi connectivity index (χ2n) is 9.93. The molecule has 0 aliphatic carbocycles. The van der Waals surface area contributed by atoms with Crippen LogP contribution in [-0.4, -0.2) is 24.0 Å². The van der Waals surface area contributed by atoms with Crippen LogP contribution in [0, 0.1) is 5.82 Å². The van der Waals surface area contributed by atoms with Gasteiger partial charge in [0, 0.05) is 13.1 Å². The second-order valence-corrected chi connectivity index (χ2v) is 9.93. The zero-order chi connectivity index (χ0) is 23.9. The molecule has 0 radical (unpaired) electrons. The van der Waals surface area contributed by atoms with Crippen LogP contribution in [0.1, 0.15) is 53.4 Å². The number of Topliss-reactive ketones (excluding diaryl/α,β-unsaturated/α-hetero) is 1. The van der Waals surface area contributed by atoms with Gasteiger partial charge in [0.15, 0.2) is 5.76 Å². The summed E-state index contributed by atoms with van der Waals surface area (Å²) in [6, 6.07) is 18.4. The molecule has 0 amide bonds. The molecule has 0 fully saturated rings. The summed E-state index contributed by atoms with van der Waals surface area (Å²) in [7, 11) is 0. The van der Waals surface area contributed by atoms with Gasteiger partial charge >= 0.3 is 0 Å². The van der Waals surface area contributed by atoms with E-state index in [2.05, 4.69) is 37.8 Å². The first kappa shape index (κ1) is 22.4. The Hall–Kier alpha value is -3.44. The van der Waals surface area contributed by atoms with E-state index in [1.807, 2.05) is 18.2 Å². The van der Waals surface area contributed by atoms with Gasteiger partial charge in [-0.05, 0) is 58.9 Å². The Balaban J connectivity index is 1.33. The van der Waals surface area contributed by atoms with Crippen LogP contribution in [0.5, 0.6) is 11.5 Å². The summed E-state index contributed by atoms with van der Waals surface area (Å²) in [6.07, 6.45) is 2.58. The molecule has 34 heavy (non-hydrogen) atoms. The first-order valence-electron chi connectivity index (χ1n) is 11.6. The van der Waals surface area contributed by atoms with Crippen molar-refractivity contribution in [2.75, 3.05) is 13.3 Å². The van der Waals surface area contributed by atoms with Crippen molar-refractivity contribution < 1.29 is 18.7 Å². The average molecular weight is 458 g/mol. The first-order valence-corrected chi connectivity index (χ1v) is 11.6. The molecular weight excluding hydrogens is 429 g/mol. The first-order chi connectivity index (χ1) is 16.3. The molecule has 0 unspecified atom stereocenters. The highest BCUT2D eigenvalue weighted by Gasteiger charge is 2.33. The van der Waals surface area contributed by atoms with Gasteiger partial charge in [-0.3, -0.25) is 9.69 Å². The lowest BCUT2D eigenvalue weighted by molar-refractivity contribution is 0.0949. The lowest BCUT2D eigenvalue weighted by atomic mass is 9.86. The van der Waals surface area contributed by atoms with Crippen molar-refractivity contribution in [2.45, 2.75) is 39.2 Å². The predicted molar refractivity (Wildman–Crippen MR) is 131 cm³/mol. The van der Waals surface area contributed by atoms with Gasteiger partial charge in [-0.15, -0.1) is 0 Å². The number of ether oxygens (including phenoxy) is 2. The van der Waals surface area contributed by atoms with Gasteiger partial charge in [0.2, 0.25) is 5.78 Å². The van der Waals surface area contributed by atoms with E-state index in [-0.39, 0.29) is 17.0 Å². The molecule has 0 saturated carbocycles. The number of hydrogen-bond donors (Lipinski definition) is 0. The molecular formula is C29H28FNO3. The number of carbonyl (C=O) groups is 1. The lowest BCUT2D eigenvalue weighted by Gasteiger charge is -2.29. The summed E-state index contributed by atoms with van der Waals surface area (Å²) in [5, 5.41) is 0. The number of hydrogen-bond acceptors (Lipinski definition) is 4. The molecule has 3 aromatic rings. The van der Waals surface area contributed by atoms with Crippen LogP contribution in [0.2, 0.25) is 0 Å². The van der Waals surface area contributed by atoms with Crippen LogP contribution >= 0.6 is 0 Å². The molecule has 5 rings (SSSR count). The molecule has 0 saturated heterocycles. The summed E-state index contributed by atoms with van der Waals surface area (Å²) in [4.78, 5) is 15.2. The maximum absolute atomic E-state index is 13.2. The highest BCUT2D eigenvalue weighted by Crippen LogP contribution is 2.42. The Kier molecular flexibility index (Phi) is 5.74. The summed E-state index contributed by atoms with van der Waals surface area (Å²) in [6.45, 7) is 8.37. The minimum absolute atomic E-state index is 0.0726. The molecule has 5 heteroatoms. The molecule has 2 aliphatic heterocycles. The SMILES string of the molecule is CC(C)(C)c1ccc(/C=C2\Oc3c(ccc4c3CN(CCc3ccc(F)cc3)CO4)C2=O)cc1. The fraction of sp³-hybridized carbons (Fsp3) is 0.276. The van der Waals surface area contributed by atoms with Crippen LogP contribution in [0.25, 0.3) is 6.08 Å². The summed E-state index contributed by atoms with van der Waals surface area (Å²) >= 11 is 0. The van der Waals surface area contributed by atoms with Crippen molar-refractivity contribution in [3.05, 3.63) is 100 Å². The molecule has 2 heterocycles. The maximum atomic E-state index is 13.2. The van der Waals surface area contributed by atoms with Crippen molar-refractivity contribution in [3.63, 3.8) is 0 Å². The number of fused-ring (bicyclic) bond motifs is 3. The van der Waals surface area contributed by atoms with Crippen molar-refractivity contribution in [2.24, 2.45) is 0 Å². The number of allylic oxidation sites excluding steroid dienone is 1. The number of carbonyl (C=O) groups excluding carboxylic acids is 1. The van der Waals surface area contributed by atoms with Crippen molar-refractivity contribution in [1.82, 2.24) is 4.90 Å². The third-order valence-corrected chi connectivity index (χ3v) is 6.39.